The Morgan fingerprint density at radius 3 is 2.45 bits per heavy atom. The van der Waals surface area contributed by atoms with E-state index in [2.05, 4.69) is 0 Å². The number of hydrogen-bond donors (Lipinski definition) is 0. The van der Waals surface area contributed by atoms with Crippen LogP contribution in [0.3, 0.4) is 0 Å². The van der Waals surface area contributed by atoms with Gasteiger partial charge in [-0.15, -0.1) is 0 Å². The molecule has 1 rings (SSSR count). The highest BCUT2D eigenvalue weighted by atomic mass is 28.1. The molecule has 0 N–H and O–H groups in total. The van der Waals surface area contributed by atoms with Crippen molar-refractivity contribution in [1.82, 2.24) is 0 Å². The molecular weight excluding hydrogens is 160 g/mol. The first-order valence-electron chi connectivity index (χ1n) is 3.99. The normalized spacial score (nSPS) is 30.5. The van der Waals surface area contributed by atoms with Crippen molar-refractivity contribution < 1.29 is 14.2 Å². The molecule has 0 aromatic heterocycles. The molecule has 0 spiro atoms. The molecule has 11 heavy (non-hydrogen) atoms. The second kappa shape index (κ2) is 3.67. The van der Waals surface area contributed by atoms with Gasteiger partial charge in [0.2, 0.25) is 0 Å². The minimum Gasteiger partial charge on any atom is -0.331 e. The van der Waals surface area contributed by atoms with Crippen LogP contribution < -0.4 is 0 Å². The highest BCUT2D eigenvalue weighted by Crippen LogP contribution is 2.34. The van der Waals surface area contributed by atoms with E-state index >= 15 is 0 Å². The van der Waals surface area contributed by atoms with Gasteiger partial charge in [-0.25, -0.2) is 0 Å². The van der Waals surface area contributed by atoms with Gasteiger partial charge in [0.05, 0.1) is 6.61 Å². The summed E-state index contributed by atoms with van der Waals surface area (Å²) < 4.78 is 15.9. The SMILES string of the molecule is COC1(OC)OCCCC1[SiH3]. The lowest BCUT2D eigenvalue weighted by Crippen LogP contribution is -2.44. The van der Waals surface area contributed by atoms with Crippen LogP contribution in [-0.2, 0) is 14.2 Å². The van der Waals surface area contributed by atoms with Gasteiger partial charge in [0.1, 0.15) is 0 Å². The predicted molar refractivity (Wildman–Crippen MR) is 45.6 cm³/mol. The van der Waals surface area contributed by atoms with Gasteiger partial charge < -0.3 is 14.2 Å². The van der Waals surface area contributed by atoms with Crippen LogP contribution in [0.25, 0.3) is 0 Å². The van der Waals surface area contributed by atoms with Crippen molar-refractivity contribution in [3.63, 3.8) is 0 Å². The third-order valence-electron chi connectivity index (χ3n) is 2.26. The molecule has 0 aromatic rings. The van der Waals surface area contributed by atoms with Crippen LogP contribution in [0, 0.1) is 0 Å². The average Bonchev–Trinajstić information content (AvgIpc) is 2.06. The van der Waals surface area contributed by atoms with Crippen molar-refractivity contribution in [2.45, 2.75) is 24.4 Å². The van der Waals surface area contributed by atoms with E-state index < -0.39 is 5.97 Å². The Balaban J connectivity index is 2.61. The van der Waals surface area contributed by atoms with Gasteiger partial charge in [-0.2, -0.15) is 0 Å². The van der Waals surface area contributed by atoms with Gasteiger partial charge >= 0.3 is 0 Å². The second-order valence-electron chi connectivity index (χ2n) is 2.90. The molecule has 0 aromatic carbocycles. The largest absolute Gasteiger partial charge is 0.331 e. The molecule has 3 nitrogen and oxygen atoms in total. The lowest BCUT2D eigenvalue weighted by molar-refractivity contribution is -0.373. The van der Waals surface area contributed by atoms with E-state index in [0.29, 0.717) is 5.54 Å². The Morgan fingerprint density at radius 2 is 2.09 bits per heavy atom. The quantitative estimate of drug-likeness (QED) is 0.434. The van der Waals surface area contributed by atoms with Crippen LogP contribution in [-0.4, -0.2) is 37.0 Å². The fourth-order valence-corrected chi connectivity index (χ4v) is 2.57. The molecule has 0 radical (unpaired) electrons. The van der Waals surface area contributed by atoms with Gasteiger partial charge in [0.25, 0.3) is 5.97 Å². The van der Waals surface area contributed by atoms with Crippen molar-refractivity contribution in [3.8, 4) is 0 Å². The topological polar surface area (TPSA) is 27.7 Å². The molecule has 1 saturated heterocycles. The lowest BCUT2D eigenvalue weighted by atomic mass is 10.1. The fraction of sp³-hybridized carbons (Fsp3) is 1.00. The molecule has 1 heterocycles. The molecule has 1 aliphatic heterocycles. The fourth-order valence-electron chi connectivity index (χ4n) is 1.53. The molecule has 0 bridgehead atoms. The third kappa shape index (κ3) is 1.64. The maximum Gasteiger partial charge on any atom is 0.281 e. The Kier molecular flexibility index (Phi) is 3.06. The van der Waals surface area contributed by atoms with E-state index in [0.717, 1.165) is 29.7 Å². The monoisotopic (exact) mass is 176 g/mol. The Hall–Kier alpha value is 0.0969. The summed E-state index contributed by atoms with van der Waals surface area (Å²) in [5.74, 6) is -0.718. The summed E-state index contributed by atoms with van der Waals surface area (Å²) in [6, 6.07) is 0. The second-order valence-corrected chi connectivity index (χ2v) is 4.30. The molecule has 4 heteroatoms. The summed E-state index contributed by atoms with van der Waals surface area (Å²) in [4.78, 5) is 0. The molecule has 0 amide bonds. The number of ether oxygens (including phenoxy) is 3. The van der Waals surface area contributed by atoms with Gasteiger partial charge in [0.15, 0.2) is 0 Å². The average molecular weight is 176 g/mol. The Morgan fingerprint density at radius 1 is 1.45 bits per heavy atom. The summed E-state index contributed by atoms with van der Waals surface area (Å²) in [6.45, 7) is 0.750. The van der Waals surface area contributed by atoms with E-state index in [9.17, 15) is 0 Å². The van der Waals surface area contributed by atoms with Gasteiger partial charge in [-0.05, 0) is 12.8 Å². The van der Waals surface area contributed by atoms with Gasteiger partial charge in [-0.3, -0.25) is 0 Å². The standard InChI is InChI=1S/C7H16O3Si/c1-8-7(9-2)6(11)4-3-5-10-7/h6H,3-5H2,1-2,11H3. The molecule has 1 fully saturated rings. The number of methoxy groups -OCH3 is 2. The first-order chi connectivity index (χ1) is 5.25. The lowest BCUT2D eigenvalue weighted by Gasteiger charge is -2.39. The maximum atomic E-state index is 5.47. The first-order valence-corrected chi connectivity index (χ1v) is 5.15. The van der Waals surface area contributed by atoms with Gasteiger partial charge in [-0.1, -0.05) is 0 Å². The zero-order valence-electron chi connectivity index (χ0n) is 7.42. The zero-order valence-corrected chi connectivity index (χ0v) is 9.42. The molecule has 1 atom stereocenters. The smallest absolute Gasteiger partial charge is 0.281 e. The predicted octanol–water partition coefficient (Wildman–Crippen LogP) is -0.103. The summed E-state index contributed by atoms with van der Waals surface area (Å²) in [7, 11) is 4.33. The third-order valence-corrected chi connectivity index (χ3v) is 3.54. The van der Waals surface area contributed by atoms with Crippen LogP contribution in [0.1, 0.15) is 12.8 Å². The van der Waals surface area contributed by atoms with E-state index in [4.69, 9.17) is 14.2 Å². The Bertz CT molecular complexity index is 125. The van der Waals surface area contributed by atoms with E-state index in [1.54, 1.807) is 14.2 Å². The van der Waals surface area contributed by atoms with Crippen LogP contribution >= 0.6 is 0 Å². The first kappa shape index (κ1) is 9.19. The summed E-state index contributed by atoms with van der Waals surface area (Å²) >= 11 is 0. The van der Waals surface area contributed by atoms with E-state index in [1.807, 2.05) is 0 Å². The van der Waals surface area contributed by atoms with Crippen LogP contribution in [0.2, 0.25) is 5.54 Å². The van der Waals surface area contributed by atoms with Crippen LogP contribution in [0.4, 0.5) is 0 Å². The van der Waals surface area contributed by atoms with E-state index in [-0.39, 0.29) is 0 Å². The van der Waals surface area contributed by atoms with Gasteiger partial charge in [0, 0.05) is 30.0 Å². The zero-order chi connectivity index (χ0) is 8.32. The van der Waals surface area contributed by atoms with Crippen LogP contribution in [0.5, 0.6) is 0 Å². The summed E-state index contributed by atoms with van der Waals surface area (Å²) in [5.41, 5.74) is 0.450. The van der Waals surface area contributed by atoms with Crippen molar-refractivity contribution >= 4 is 10.2 Å². The van der Waals surface area contributed by atoms with Crippen molar-refractivity contribution in [2.24, 2.45) is 0 Å². The van der Waals surface area contributed by atoms with E-state index in [1.165, 1.54) is 0 Å². The molecule has 0 aliphatic carbocycles. The highest BCUT2D eigenvalue weighted by molar-refractivity contribution is 6.12. The summed E-state index contributed by atoms with van der Waals surface area (Å²) in [5, 5.41) is 0. The number of rotatable bonds is 2. The highest BCUT2D eigenvalue weighted by Gasteiger charge is 2.40. The maximum absolute atomic E-state index is 5.47. The molecule has 1 aliphatic rings. The van der Waals surface area contributed by atoms with Crippen LogP contribution in [0.15, 0.2) is 0 Å². The summed E-state index contributed by atoms with van der Waals surface area (Å²) in [6.07, 6.45) is 2.29. The molecule has 66 valence electrons. The number of hydrogen-bond acceptors (Lipinski definition) is 3. The molecular formula is C7H16O3Si. The van der Waals surface area contributed by atoms with Crippen molar-refractivity contribution in [3.05, 3.63) is 0 Å². The van der Waals surface area contributed by atoms with Crippen molar-refractivity contribution in [1.29, 1.82) is 0 Å². The Labute approximate surface area is 70.4 Å². The van der Waals surface area contributed by atoms with Crippen molar-refractivity contribution in [2.75, 3.05) is 20.8 Å². The molecule has 0 saturated carbocycles. The molecule has 1 unspecified atom stereocenters. The minimum atomic E-state index is -0.718. The minimum absolute atomic E-state index is 0.450.